The minimum absolute atomic E-state index is 0.878. The Morgan fingerprint density at radius 2 is 2.20 bits per heavy atom. The zero-order chi connectivity index (χ0) is 13.9. The largest absolute Gasteiger partial charge is 0.294 e. The van der Waals surface area contributed by atoms with Gasteiger partial charge in [-0.1, -0.05) is 45.9 Å². The Balaban J connectivity index is 1.74. The van der Waals surface area contributed by atoms with Crippen molar-refractivity contribution in [2.75, 3.05) is 12.8 Å². The summed E-state index contributed by atoms with van der Waals surface area (Å²) in [6, 6.07) is 8.41. The molecule has 0 amide bonds. The van der Waals surface area contributed by atoms with E-state index < -0.39 is 0 Å². The third-order valence-electron chi connectivity index (χ3n) is 3.53. The molecular weight excluding hydrogens is 334 g/mol. The van der Waals surface area contributed by atoms with Gasteiger partial charge in [0.15, 0.2) is 5.16 Å². The molecule has 0 aliphatic carbocycles. The lowest BCUT2D eigenvalue weighted by atomic mass is 10.1. The van der Waals surface area contributed by atoms with E-state index in [2.05, 4.69) is 55.1 Å². The number of aromatic nitrogens is 2. The van der Waals surface area contributed by atoms with E-state index in [1.807, 2.05) is 12.5 Å². The third-order valence-corrected chi connectivity index (χ3v) is 4.86. The molecular formula is C15H16BrN3S. The monoisotopic (exact) mass is 349 g/mol. The van der Waals surface area contributed by atoms with E-state index in [1.54, 1.807) is 11.8 Å². The standard InChI is InChI=1S/C15H16BrN3S/c1-20-15-17-8-12-10-19(7-6-14(12)18-15)9-11-4-2-3-5-13(11)16/h2-5,8H,6-7,9-10H2,1H3. The van der Waals surface area contributed by atoms with Crippen molar-refractivity contribution < 1.29 is 0 Å². The number of thioether (sulfide) groups is 1. The molecule has 3 nitrogen and oxygen atoms in total. The first kappa shape index (κ1) is 14.0. The lowest BCUT2D eigenvalue weighted by molar-refractivity contribution is 0.241. The van der Waals surface area contributed by atoms with E-state index >= 15 is 0 Å². The van der Waals surface area contributed by atoms with Crippen LogP contribution in [0.3, 0.4) is 0 Å². The van der Waals surface area contributed by atoms with E-state index in [0.717, 1.165) is 31.2 Å². The van der Waals surface area contributed by atoms with Crippen molar-refractivity contribution in [3.05, 3.63) is 51.8 Å². The van der Waals surface area contributed by atoms with Crippen LogP contribution in [0.4, 0.5) is 0 Å². The van der Waals surface area contributed by atoms with Gasteiger partial charge in [-0.15, -0.1) is 0 Å². The highest BCUT2D eigenvalue weighted by Crippen LogP contribution is 2.23. The van der Waals surface area contributed by atoms with Crippen LogP contribution in [0.5, 0.6) is 0 Å². The number of hydrogen-bond acceptors (Lipinski definition) is 4. The van der Waals surface area contributed by atoms with Crippen LogP contribution in [0, 0.1) is 0 Å². The van der Waals surface area contributed by atoms with Crippen molar-refractivity contribution in [2.45, 2.75) is 24.7 Å². The molecule has 0 bridgehead atoms. The molecule has 2 heterocycles. The summed E-state index contributed by atoms with van der Waals surface area (Å²) in [6.45, 7) is 2.95. The van der Waals surface area contributed by atoms with Crippen LogP contribution in [0.15, 0.2) is 40.1 Å². The molecule has 2 aromatic rings. The van der Waals surface area contributed by atoms with Crippen LogP contribution in [0.1, 0.15) is 16.8 Å². The van der Waals surface area contributed by atoms with Crippen LogP contribution in [-0.2, 0) is 19.5 Å². The average Bonchev–Trinajstić information content (AvgIpc) is 2.49. The Labute approximate surface area is 131 Å². The molecule has 0 radical (unpaired) electrons. The number of rotatable bonds is 3. The number of halogens is 1. The fraction of sp³-hybridized carbons (Fsp3) is 0.333. The molecule has 0 saturated heterocycles. The summed E-state index contributed by atoms with van der Waals surface area (Å²) in [5.41, 5.74) is 3.81. The molecule has 0 unspecified atom stereocenters. The molecule has 5 heteroatoms. The first-order valence-electron chi connectivity index (χ1n) is 6.61. The van der Waals surface area contributed by atoms with Crippen molar-refractivity contribution in [1.82, 2.24) is 14.9 Å². The van der Waals surface area contributed by atoms with Gasteiger partial charge in [-0.2, -0.15) is 0 Å². The Morgan fingerprint density at radius 3 is 3.00 bits per heavy atom. The summed E-state index contributed by atoms with van der Waals surface area (Å²) in [7, 11) is 0. The van der Waals surface area contributed by atoms with Gasteiger partial charge < -0.3 is 0 Å². The van der Waals surface area contributed by atoms with Gasteiger partial charge >= 0.3 is 0 Å². The van der Waals surface area contributed by atoms with E-state index in [-0.39, 0.29) is 0 Å². The summed E-state index contributed by atoms with van der Waals surface area (Å²) in [5, 5.41) is 0.878. The molecule has 1 aromatic heterocycles. The van der Waals surface area contributed by atoms with Crippen LogP contribution in [-0.4, -0.2) is 27.7 Å². The Bertz CT molecular complexity index is 618. The van der Waals surface area contributed by atoms with Gasteiger partial charge in [0, 0.05) is 42.3 Å². The molecule has 1 aliphatic heterocycles. The predicted octanol–water partition coefficient (Wildman–Crippen LogP) is 3.52. The Kier molecular flexibility index (Phi) is 4.38. The average molecular weight is 350 g/mol. The Hall–Kier alpha value is -0.910. The van der Waals surface area contributed by atoms with Gasteiger partial charge in [0.1, 0.15) is 0 Å². The van der Waals surface area contributed by atoms with Crippen molar-refractivity contribution >= 4 is 27.7 Å². The van der Waals surface area contributed by atoms with E-state index in [0.29, 0.717) is 0 Å². The molecule has 0 N–H and O–H groups in total. The van der Waals surface area contributed by atoms with Crippen LogP contribution < -0.4 is 0 Å². The molecule has 1 aromatic carbocycles. The second-order valence-corrected chi connectivity index (χ2v) is 6.51. The van der Waals surface area contributed by atoms with Gasteiger partial charge in [-0.3, -0.25) is 4.90 Å². The predicted molar refractivity (Wildman–Crippen MR) is 85.8 cm³/mol. The normalized spacial score (nSPS) is 15.1. The SMILES string of the molecule is CSc1ncc2c(n1)CCN(Cc1ccccc1Br)C2. The first-order valence-corrected chi connectivity index (χ1v) is 8.62. The number of benzene rings is 1. The molecule has 0 spiro atoms. The summed E-state index contributed by atoms with van der Waals surface area (Å²) < 4.78 is 1.18. The number of fused-ring (bicyclic) bond motifs is 1. The number of nitrogens with zero attached hydrogens (tertiary/aromatic N) is 3. The highest BCUT2D eigenvalue weighted by Gasteiger charge is 2.18. The van der Waals surface area contributed by atoms with Gasteiger partial charge in [0.2, 0.25) is 0 Å². The second kappa shape index (κ2) is 6.24. The third kappa shape index (κ3) is 3.05. The summed E-state index contributed by atoms with van der Waals surface area (Å²) >= 11 is 5.22. The quantitative estimate of drug-likeness (QED) is 0.626. The molecule has 3 rings (SSSR count). The van der Waals surface area contributed by atoms with Crippen LogP contribution >= 0.6 is 27.7 Å². The van der Waals surface area contributed by atoms with Crippen molar-refractivity contribution in [3.8, 4) is 0 Å². The van der Waals surface area contributed by atoms with Crippen molar-refractivity contribution in [3.63, 3.8) is 0 Å². The smallest absolute Gasteiger partial charge is 0.187 e. The fourth-order valence-electron chi connectivity index (χ4n) is 2.46. The van der Waals surface area contributed by atoms with E-state index in [9.17, 15) is 0 Å². The number of hydrogen-bond donors (Lipinski definition) is 0. The van der Waals surface area contributed by atoms with Crippen molar-refractivity contribution in [2.24, 2.45) is 0 Å². The maximum absolute atomic E-state index is 4.61. The highest BCUT2D eigenvalue weighted by molar-refractivity contribution is 9.10. The van der Waals surface area contributed by atoms with Gasteiger partial charge in [0.05, 0.1) is 5.69 Å². The highest BCUT2D eigenvalue weighted by atomic mass is 79.9. The summed E-state index contributed by atoms with van der Waals surface area (Å²) in [4.78, 5) is 11.4. The Morgan fingerprint density at radius 1 is 1.35 bits per heavy atom. The first-order chi connectivity index (χ1) is 9.76. The van der Waals surface area contributed by atoms with Gasteiger partial charge in [-0.25, -0.2) is 9.97 Å². The maximum atomic E-state index is 4.61. The van der Waals surface area contributed by atoms with Gasteiger partial charge in [0.25, 0.3) is 0 Å². The zero-order valence-electron chi connectivity index (χ0n) is 11.3. The molecule has 20 heavy (non-hydrogen) atoms. The van der Waals surface area contributed by atoms with Crippen LogP contribution in [0.25, 0.3) is 0 Å². The lowest BCUT2D eigenvalue weighted by Gasteiger charge is -2.28. The molecule has 0 fully saturated rings. The molecule has 0 saturated carbocycles. The van der Waals surface area contributed by atoms with E-state index in [4.69, 9.17) is 0 Å². The second-order valence-electron chi connectivity index (χ2n) is 4.88. The molecule has 104 valence electrons. The topological polar surface area (TPSA) is 29.0 Å². The van der Waals surface area contributed by atoms with Crippen molar-refractivity contribution in [1.29, 1.82) is 0 Å². The van der Waals surface area contributed by atoms with E-state index in [1.165, 1.54) is 21.3 Å². The molecule has 0 atom stereocenters. The maximum Gasteiger partial charge on any atom is 0.187 e. The summed E-state index contributed by atoms with van der Waals surface area (Å²) in [6.07, 6.45) is 5.01. The van der Waals surface area contributed by atoms with Crippen LogP contribution in [0.2, 0.25) is 0 Å². The zero-order valence-corrected chi connectivity index (χ0v) is 13.7. The van der Waals surface area contributed by atoms with Gasteiger partial charge in [-0.05, 0) is 17.9 Å². The summed E-state index contributed by atoms with van der Waals surface area (Å²) in [5.74, 6) is 0. The minimum atomic E-state index is 0.878. The lowest BCUT2D eigenvalue weighted by Crippen LogP contribution is -2.31. The minimum Gasteiger partial charge on any atom is -0.294 e. The fourth-order valence-corrected chi connectivity index (χ4v) is 3.23. The molecule has 1 aliphatic rings.